The number of hydrogen-bond acceptors (Lipinski definition) is 7. The molecular weight excluding hydrogens is 540 g/mol. The van der Waals surface area contributed by atoms with Crippen LogP contribution in [0.5, 0.6) is 0 Å². The van der Waals surface area contributed by atoms with Gasteiger partial charge in [0.25, 0.3) is 0 Å². The Morgan fingerprint density at radius 1 is 1.10 bits per heavy atom. The van der Waals surface area contributed by atoms with Crippen molar-refractivity contribution in [3.8, 4) is 0 Å². The second-order valence-electron chi connectivity index (χ2n) is 9.87. The van der Waals surface area contributed by atoms with E-state index in [1.807, 2.05) is 0 Å². The minimum atomic E-state index is -4.97. The van der Waals surface area contributed by atoms with Gasteiger partial charge in [0.2, 0.25) is 5.78 Å². The number of nitrogens with one attached hydrogen (secondary N) is 1. The minimum absolute atomic E-state index is 0.0609. The van der Waals surface area contributed by atoms with Crippen molar-refractivity contribution in [1.82, 2.24) is 10.3 Å². The van der Waals surface area contributed by atoms with Gasteiger partial charge in [-0.25, -0.2) is 12.8 Å². The number of pyridine rings is 1. The van der Waals surface area contributed by atoms with Gasteiger partial charge in [-0.3, -0.25) is 24.7 Å². The van der Waals surface area contributed by atoms with E-state index < -0.39 is 80.7 Å². The molecule has 0 unspecified atom stereocenters. The number of aromatic nitrogens is 1. The van der Waals surface area contributed by atoms with Gasteiger partial charge < -0.3 is 0 Å². The Balaban J connectivity index is 1.87. The molecule has 1 aromatic carbocycles. The van der Waals surface area contributed by atoms with Gasteiger partial charge in [-0.05, 0) is 54.5 Å². The average molecular weight is 571 g/mol. The van der Waals surface area contributed by atoms with Crippen molar-refractivity contribution in [1.29, 1.82) is 0 Å². The van der Waals surface area contributed by atoms with Crippen molar-refractivity contribution in [3.63, 3.8) is 0 Å². The van der Waals surface area contributed by atoms with E-state index in [9.17, 15) is 40.4 Å². The Hall–Kier alpha value is -2.99. The van der Waals surface area contributed by atoms with Crippen molar-refractivity contribution in [2.45, 2.75) is 63.0 Å². The highest BCUT2D eigenvalue weighted by Gasteiger charge is 2.44. The van der Waals surface area contributed by atoms with Gasteiger partial charge in [-0.1, -0.05) is 25.1 Å². The van der Waals surface area contributed by atoms with Gasteiger partial charge >= 0.3 is 6.18 Å². The van der Waals surface area contributed by atoms with E-state index >= 15 is 0 Å². The van der Waals surface area contributed by atoms with Crippen LogP contribution in [0.3, 0.4) is 0 Å². The van der Waals surface area contributed by atoms with E-state index in [2.05, 4.69) is 10.3 Å². The first-order valence-corrected chi connectivity index (χ1v) is 14.4. The molecule has 0 radical (unpaired) electrons. The summed E-state index contributed by atoms with van der Waals surface area (Å²) in [7, 11) is -4.15. The maximum absolute atomic E-state index is 14.1. The van der Waals surface area contributed by atoms with Gasteiger partial charge in [-0.15, -0.1) is 0 Å². The fourth-order valence-corrected chi connectivity index (χ4v) is 5.83. The van der Waals surface area contributed by atoms with Crippen LogP contribution >= 0.6 is 0 Å². The molecule has 3 rings (SSSR count). The summed E-state index contributed by atoms with van der Waals surface area (Å²) in [5.74, 6) is -5.64. The number of Topliss-reactive ketones (excluding diaryl/α,β-unsaturated/α-hetero) is 3. The molecule has 1 aliphatic rings. The van der Waals surface area contributed by atoms with Crippen molar-refractivity contribution in [2.75, 3.05) is 5.75 Å². The largest absolute Gasteiger partial charge is 0.407 e. The highest BCUT2D eigenvalue weighted by molar-refractivity contribution is 7.90. The summed E-state index contributed by atoms with van der Waals surface area (Å²) in [5.41, 5.74) is -0.143. The Kier molecular flexibility index (Phi) is 10.1. The van der Waals surface area contributed by atoms with Crippen LogP contribution in [0.1, 0.15) is 56.2 Å². The third kappa shape index (κ3) is 9.31. The third-order valence-electron chi connectivity index (χ3n) is 6.57. The molecule has 1 aliphatic carbocycles. The molecule has 0 spiro atoms. The molecule has 1 aromatic heterocycles. The van der Waals surface area contributed by atoms with Crippen LogP contribution in [-0.2, 0) is 30.0 Å². The first-order chi connectivity index (χ1) is 18.3. The molecule has 7 nitrogen and oxygen atoms in total. The molecule has 1 N–H and O–H groups in total. The topological polar surface area (TPSA) is 110 Å². The van der Waals surface area contributed by atoms with Gasteiger partial charge in [0, 0.05) is 31.2 Å². The van der Waals surface area contributed by atoms with E-state index in [1.165, 1.54) is 24.5 Å². The van der Waals surface area contributed by atoms with E-state index in [0.29, 0.717) is 0 Å². The maximum Gasteiger partial charge on any atom is 0.407 e. The average Bonchev–Trinajstić information content (AvgIpc) is 3.68. The first-order valence-electron chi connectivity index (χ1n) is 12.6. The number of alkyl halides is 3. The molecule has 0 saturated heterocycles. The number of rotatable bonds is 15. The molecular formula is C27H30F4N2O5S. The quantitative estimate of drug-likeness (QED) is 0.251. The first kappa shape index (κ1) is 30.6. The summed E-state index contributed by atoms with van der Waals surface area (Å²) in [6.45, 7) is 1.57. The minimum Gasteiger partial charge on any atom is -0.298 e. The van der Waals surface area contributed by atoms with Crippen LogP contribution in [0.15, 0.2) is 48.8 Å². The lowest BCUT2D eigenvalue weighted by Crippen LogP contribution is -2.49. The monoisotopic (exact) mass is 570 g/mol. The maximum atomic E-state index is 14.1. The van der Waals surface area contributed by atoms with Gasteiger partial charge in [0.1, 0.15) is 11.9 Å². The predicted molar refractivity (Wildman–Crippen MR) is 135 cm³/mol. The van der Waals surface area contributed by atoms with E-state index in [0.717, 1.165) is 37.1 Å². The molecule has 3 atom stereocenters. The highest BCUT2D eigenvalue weighted by Crippen LogP contribution is 2.34. The SMILES string of the molecule is CC[C@H](CC(=O)[C@H](CS(=O)(=O)Cc1cccnc1)N[C@@H](c1ccc(F)cc1)C(F)(F)F)C(=O)C(=O)CC1CC1. The lowest BCUT2D eigenvalue weighted by molar-refractivity contribution is -0.160. The fourth-order valence-electron chi connectivity index (χ4n) is 4.24. The molecule has 0 bridgehead atoms. The van der Waals surface area contributed by atoms with Crippen LogP contribution in [0.2, 0.25) is 0 Å². The summed E-state index contributed by atoms with van der Waals surface area (Å²) >= 11 is 0. The number of benzene rings is 1. The number of carbonyl (C=O) groups excluding carboxylic acids is 3. The van der Waals surface area contributed by atoms with Gasteiger partial charge in [0.05, 0.1) is 17.5 Å². The summed E-state index contributed by atoms with van der Waals surface area (Å²) in [6, 6.07) is 2.05. The predicted octanol–water partition coefficient (Wildman–Crippen LogP) is 4.32. The molecule has 1 saturated carbocycles. The van der Waals surface area contributed by atoms with Crippen molar-refractivity contribution < 1.29 is 40.4 Å². The zero-order valence-electron chi connectivity index (χ0n) is 21.3. The molecule has 2 aromatic rings. The van der Waals surface area contributed by atoms with Gasteiger partial charge in [0.15, 0.2) is 21.4 Å². The molecule has 39 heavy (non-hydrogen) atoms. The Labute approximate surface area is 224 Å². The zero-order chi connectivity index (χ0) is 28.8. The third-order valence-corrected chi connectivity index (χ3v) is 8.19. The van der Waals surface area contributed by atoms with Crippen LogP contribution in [-0.4, -0.2) is 48.7 Å². The van der Waals surface area contributed by atoms with E-state index in [4.69, 9.17) is 0 Å². The number of carbonyl (C=O) groups is 3. The smallest absolute Gasteiger partial charge is 0.298 e. The number of ketones is 3. The summed E-state index contributed by atoms with van der Waals surface area (Å²) in [4.78, 5) is 42.2. The Bertz CT molecular complexity index is 1260. The molecule has 1 fully saturated rings. The van der Waals surface area contributed by atoms with Gasteiger partial charge in [-0.2, -0.15) is 13.2 Å². The summed E-state index contributed by atoms with van der Waals surface area (Å²) in [6.07, 6.45) is -1.05. The molecule has 12 heteroatoms. The number of nitrogens with zero attached hydrogens (tertiary/aromatic N) is 1. The second kappa shape index (κ2) is 12.9. The van der Waals surface area contributed by atoms with Crippen LogP contribution in [0, 0.1) is 17.7 Å². The molecule has 1 heterocycles. The fraction of sp³-hybridized carbons (Fsp3) is 0.481. The van der Waals surface area contributed by atoms with E-state index in [1.54, 1.807) is 6.92 Å². The summed E-state index contributed by atoms with van der Waals surface area (Å²) in [5, 5.41) is 2.12. The normalized spacial score (nSPS) is 16.3. The lowest BCUT2D eigenvalue weighted by atomic mass is 9.89. The lowest BCUT2D eigenvalue weighted by Gasteiger charge is -2.28. The second-order valence-corrected chi connectivity index (χ2v) is 12.0. The molecule has 212 valence electrons. The van der Waals surface area contributed by atoms with E-state index in [-0.39, 0.29) is 24.3 Å². The summed E-state index contributed by atoms with van der Waals surface area (Å²) < 4.78 is 81.6. The zero-order valence-corrected chi connectivity index (χ0v) is 22.1. The Morgan fingerprint density at radius 3 is 2.31 bits per heavy atom. The van der Waals surface area contributed by atoms with Crippen LogP contribution < -0.4 is 5.32 Å². The highest BCUT2D eigenvalue weighted by atomic mass is 32.2. The van der Waals surface area contributed by atoms with Crippen LogP contribution in [0.4, 0.5) is 17.6 Å². The van der Waals surface area contributed by atoms with Crippen molar-refractivity contribution in [2.24, 2.45) is 11.8 Å². The molecule has 0 amide bonds. The van der Waals surface area contributed by atoms with Crippen molar-refractivity contribution in [3.05, 3.63) is 65.7 Å². The number of sulfone groups is 1. The number of hydrogen-bond donors (Lipinski definition) is 1. The van der Waals surface area contributed by atoms with Crippen LogP contribution in [0.25, 0.3) is 0 Å². The molecule has 0 aliphatic heterocycles. The number of halogens is 4. The standard InChI is InChI=1S/C27H30F4N2O5S/c1-2-19(25(36)24(35)12-17-5-6-17)13-23(34)22(16-39(37,38)15-18-4-3-11-32-14-18)33-26(27(29,30)31)20-7-9-21(28)10-8-20/h3-4,7-11,14,17,19,22,26,33H,2,5-6,12-13,15-16H2,1H3/t19-,22+,26+/m1/s1. The Morgan fingerprint density at radius 2 is 1.77 bits per heavy atom. The van der Waals surface area contributed by atoms with Crippen molar-refractivity contribution >= 4 is 27.2 Å².